The molecule has 0 unspecified atom stereocenters. The number of rotatable bonds is 5. The molecule has 1 aromatic carbocycles. The molecule has 2 aromatic rings. The van der Waals surface area contributed by atoms with Gasteiger partial charge in [-0.25, -0.2) is 0 Å². The molecule has 2 nitrogen and oxygen atoms in total. The molecule has 2 rings (SSSR count). The Morgan fingerprint density at radius 3 is 2.52 bits per heavy atom. The highest BCUT2D eigenvalue weighted by atomic mass is 35.5. The van der Waals surface area contributed by atoms with E-state index in [4.69, 9.17) is 27.9 Å². The molecule has 1 aromatic heterocycles. The normalized spacial score (nSPS) is 11.0. The van der Waals surface area contributed by atoms with Crippen molar-refractivity contribution in [2.24, 2.45) is 0 Å². The molecule has 0 amide bonds. The zero-order chi connectivity index (χ0) is 15.6. The Kier molecular flexibility index (Phi) is 5.31. The van der Waals surface area contributed by atoms with E-state index in [1.165, 1.54) is 16.9 Å². The monoisotopic (exact) mass is 342 g/mol. The Hall–Kier alpha value is -1.03. The highest BCUT2D eigenvalue weighted by molar-refractivity contribution is 7.20. The van der Waals surface area contributed by atoms with Gasteiger partial charge in [-0.1, -0.05) is 43.1 Å². The fraction of sp³-hybridized carbons (Fsp3) is 0.312. The number of ketones is 1. The van der Waals surface area contributed by atoms with Crippen LogP contribution in [0.1, 0.15) is 41.3 Å². The number of carbonyl (C=O) groups excluding carboxylic acids is 1. The molecule has 0 aliphatic carbocycles. The van der Waals surface area contributed by atoms with E-state index in [9.17, 15) is 4.79 Å². The first-order valence-electron chi connectivity index (χ1n) is 6.60. The first-order valence-corrected chi connectivity index (χ1v) is 8.17. The molecule has 5 heteroatoms. The second-order valence-corrected chi connectivity index (χ2v) is 7.41. The van der Waals surface area contributed by atoms with E-state index < -0.39 is 0 Å². The van der Waals surface area contributed by atoms with Gasteiger partial charge in [0.1, 0.15) is 10.1 Å². The van der Waals surface area contributed by atoms with E-state index in [0.717, 1.165) is 5.56 Å². The maximum absolute atomic E-state index is 12.1. The van der Waals surface area contributed by atoms with Crippen molar-refractivity contribution in [3.05, 3.63) is 49.6 Å². The number of halogens is 2. The zero-order valence-electron chi connectivity index (χ0n) is 12.1. The molecule has 0 N–H and O–H groups in total. The topological polar surface area (TPSA) is 26.3 Å². The van der Waals surface area contributed by atoms with Crippen LogP contribution in [0.5, 0.6) is 5.75 Å². The molecular formula is C16H16Cl2O2S. The minimum Gasteiger partial charge on any atom is -0.485 e. The van der Waals surface area contributed by atoms with E-state index in [-0.39, 0.29) is 12.4 Å². The maximum atomic E-state index is 12.1. The summed E-state index contributed by atoms with van der Waals surface area (Å²) >= 11 is 13.0. The number of thiophene rings is 1. The van der Waals surface area contributed by atoms with Gasteiger partial charge in [0.05, 0.1) is 9.90 Å². The number of ether oxygens (including phenoxy) is 1. The van der Waals surface area contributed by atoms with E-state index in [0.29, 0.717) is 25.9 Å². The Balaban J connectivity index is 2.05. The molecule has 0 radical (unpaired) electrons. The number of carbonyl (C=O) groups is 1. The molecule has 1 heterocycles. The third kappa shape index (κ3) is 4.00. The lowest BCUT2D eigenvalue weighted by Crippen LogP contribution is -2.11. The summed E-state index contributed by atoms with van der Waals surface area (Å²) < 4.78 is 6.46. The predicted octanol–water partition coefficient (Wildman–Crippen LogP) is 5.75. The van der Waals surface area contributed by atoms with Crippen molar-refractivity contribution >= 4 is 40.3 Å². The standard InChI is InChI=1S/C16H16Cl2O2S/c1-9(2)12-5-4-11(6-10(12)3)20-8-14(19)13-7-15(17)21-16(13)18/h4-7,9H,8H2,1-3H3. The minimum atomic E-state index is -0.172. The van der Waals surface area contributed by atoms with E-state index in [2.05, 4.69) is 13.8 Å². The van der Waals surface area contributed by atoms with Crippen LogP contribution < -0.4 is 4.74 Å². The van der Waals surface area contributed by atoms with Crippen molar-refractivity contribution in [3.63, 3.8) is 0 Å². The van der Waals surface area contributed by atoms with Crippen molar-refractivity contribution < 1.29 is 9.53 Å². The van der Waals surface area contributed by atoms with Crippen LogP contribution in [0.3, 0.4) is 0 Å². The van der Waals surface area contributed by atoms with E-state index in [1.807, 2.05) is 25.1 Å². The smallest absolute Gasteiger partial charge is 0.202 e. The molecule has 0 aliphatic rings. The number of aryl methyl sites for hydroxylation is 1. The van der Waals surface area contributed by atoms with Gasteiger partial charge in [-0.2, -0.15) is 0 Å². The number of hydrogen-bond donors (Lipinski definition) is 0. The van der Waals surface area contributed by atoms with Gasteiger partial charge in [0.15, 0.2) is 6.61 Å². The van der Waals surface area contributed by atoms with Crippen LogP contribution in [0.4, 0.5) is 0 Å². The molecule has 0 bridgehead atoms. The Morgan fingerprint density at radius 2 is 2.00 bits per heavy atom. The van der Waals surface area contributed by atoms with Gasteiger partial charge in [-0.3, -0.25) is 4.79 Å². The van der Waals surface area contributed by atoms with Gasteiger partial charge in [-0.15, -0.1) is 11.3 Å². The van der Waals surface area contributed by atoms with Crippen molar-refractivity contribution in [3.8, 4) is 5.75 Å². The van der Waals surface area contributed by atoms with Crippen LogP contribution in [0, 0.1) is 6.92 Å². The van der Waals surface area contributed by atoms with E-state index >= 15 is 0 Å². The van der Waals surface area contributed by atoms with Crippen molar-refractivity contribution in [2.75, 3.05) is 6.61 Å². The summed E-state index contributed by atoms with van der Waals surface area (Å²) in [6.07, 6.45) is 0. The minimum absolute atomic E-state index is 0.0484. The van der Waals surface area contributed by atoms with Crippen LogP contribution in [-0.4, -0.2) is 12.4 Å². The lowest BCUT2D eigenvalue weighted by Gasteiger charge is -2.12. The van der Waals surface area contributed by atoms with Gasteiger partial charge >= 0.3 is 0 Å². The summed E-state index contributed by atoms with van der Waals surface area (Å²) in [6, 6.07) is 7.45. The van der Waals surface area contributed by atoms with Crippen LogP contribution in [0.25, 0.3) is 0 Å². The average Bonchev–Trinajstić information content (AvgIpc) is 2.74. The molecular weight excluding hydrogens is 327 g/mol. The average molecular weight is 343 g/mol. The highest BCUT2D eigenvalue weighted by Gasteiger charge is 2.15. The van der Waals surface area contributed by atoms with Crippen molar-refractivity contribution in [2.45, 2.75) is 26.7 Å². The molecule has 21 heavy (non-hydrogen) atoms. The zero-order valence-corrected chi connectivity index (χ0v) is 14.4. The summed E-state index contributed by atoms with van der Waals surface area (Å²) in [5.74, 6) is 0.976. The lowest BCUT2D eigenvalue weighted by molar-refractivity contribution is 0.0922. The Morgan fingerprint density at radius 1 is 1.29 bits per heavy atom. The van der Waals surface area contributed by atoms with Crippen LogP contribution in [-0.2, 0) is 0 Å². The third-order valence-corrected chi connectivity index (χ3v) is 4.68. The first-order chi connectivity index (χ1) is 9.88. The summed E-state index contributed by atoms with van der Waals surface area (Å²) in [4.78, 5) is 12.1. The fourth-order valence-corrected chi connectivity index (χ4v) is 3.64. The van der Waals surface area contributed by atoms with Gasteiger partial charge in [0, 0.05) is 0 Å². The Labute approximate surface area is 138 Å². The number of benzene rings is 1. The van der Waals surface area contributed by atoms with Gasteiger partial charge < -0.3 is 4.74 Å². The predicted molar refractivity (Wildman–Crippen MR) is 89.4 cm³/mol. The fourth-order valence-electron chi connectivity index (χ4n) is 2.14. The lowest BCUT2D eigenvalue weighted by atomic mass is 9.98. The van der Waals surface area contributed by atoms with Crippen molar-refractivity contribution in [1.29, 1.82) is 0 Å². The van der Waals surface area contributed by atoms with Crippen molar-refractivity contribution in [1.82, 2.24) is 0 Å². The molecule has 0 atom stereocenters. The number of hydrogen-bond acceptors (Lipinski definition) is 3. The van der Waals surface area contributed by atoms with Crippen LogP contribution >= 0.6 is 34.5 Å². The molecule has 112 valence electrons. The molecule has 0 saturated heterocycles. The Bertz CT molecular complexity index is 662. The summed E-state index contributed by atoms with van der Waals surface area (Å²) in [5, 5.41) is 0. The van der Waals surface area contributed by atoms with Gasteiger partial charge in [-0.05, 0) is 42.2 Å². The van der Waals surface area contributed by atoms with Gasteiger partial charge in [0.25, 0.3) is 0 Å². The second-order valence-electron chi connectivity index (χ2n) is 5.12. The molecule has 0 aliphatic heterocycles. The van der Waals surface area contributed by atoms with Crippen LogP contribution in [0.2, 0.25) is 8.67 Å². The molecule has 0 spiro atoms. The van der Waals surface area contributed by atoms with E-state index in [1.54, 1.807) is 6.07 Å². The summed E-state index contributed by atoms with van der Waals surface area (Å²) in [7, 11) is 0. The molecule has 0 fully saturated rings. The quantitative estimate of drug-likeness (QED) is 0.646. The van der Waals surface area contributed by atoms with Gasteiger partial charge in [0.2, 0.25) is 5.78 Å². The highest BCUT2D eigenvalue weighted by Crippen LogP contribution is 2.31. The summed E-state index contributed by atoms with van der Waals surface area (Å²) in [6.45, 7) is 6.29. The SMILES string of the molecule is Cc1cc(OCC(=O)c2cc(Cl)sc2Cl)ccc1C(C)C. The maximum Gasteiger partial charge on any atom is 0.202 e. The van der Waals surface area contributed by atoms with Crippen LogP contribution in [0.15, 0.2) is 24.3 Å². The molecule has 0 saturated carbocycles. The number of Topliss-reactive ketones (excluding diaryl/α,β-unsaturated/α-hetero) is 1. The first kappa shape index (κ1) is 16.3. The second kappa shape index (κ2) is 6.82. The third-order valence-electron chi connectivity index (χ3n) is 3.19. The summed E-state index contributed by atoms with van der Waals surface area (Å²) in [5.41, 5.74) is 2.86. The largest absolute Gasteiger partial charge is 0.485 e.